The predicted octanol–water partition coefficient (Wildman–Crippen LogP) is 1.47. The maximum absolute atomic E-state index is 5.84. The molecule has 0 radical (unpaired) electrons. The molecule has 0 unspecified atom stereocenters. The van der Waals surface area contributed by atoms with Crippen LogP contribution in [0.25, 0.3) is 0 Å². The lowest BCUT2D eigenvalue weighted by molar-refractivity contribution is 0.0215. The van der Waals surface area contributed by atoms with Crippen LogP contribution >= 0.6 is 0 Å². The van der Waals surface area contributed by atoms with Crippen LogP contribution in [0.4, 0.5) is 5.82 Å². The molecule has 20 heavy (non-hydrogen) atoms. The van der Waals surface area contributed by atoms with E-state index in [9.17, 15) is 0 Å². The van der Waals surface area contributed by atoms with E-state index in [2.05, 4.69) is 33.9 Å². The van der Waals surface area contributed by atoms with Gasteiger partial charge in [0.15, 0.2) is 0 Å². The SMILES string of the molecule is CN1CCc2ncnc(N(C)C[C@@H]3CCCCO3)c2C1. The molecule has 2 aliphatic heterocycles. The van der Waals surface area contributed by atoms with Gasteiger partial charge in [0, 0.05) is 45.3 Å². The molecule has 0 bridgehead atoms. The number of anilines is 1. The van der Waals surface area contributed by atoms with Gasteiger partial charge in [-0.2, -0.15) is 0 Å². The summed E-state index contributed by atoms with van der Waals surface area (Å²) in [5.41, 5.74) is 2.50. The minimum Gasteiger partial charge on any atom is -0.376 e. The number of hydrogen-bond acceptors (Lipinski definition) is 5. The second-order valence-corrected chi connectivity index (χ2v) is 5.98. The van der Waals surface area contributed by atoms with Gasteiger partial charge in [-0.15, -0.1) is 0 Å². The second-order valence-electron chi connectivity index (χ2n) is 5.98. The average molecular weight is 276 g/mol. The van der Waals surface area contributed by atoms with Gasteiger partial charge in [-0.3, -0.25) is 0 Å². The van der Waals surface area contributed by atoms with Gasteiger partial charge in [-0.1, -0.05) is 0 Å². The van der Waals surface area contributed by atoms with Gasteiger partial charge in [-0.05, 0) is 26.3 Å². The summed E-state index contributed by atoms with van der Waals surface area (Å²) in [7, 11) is 4.28. The highest BCUT2D eigenvalue weighted by Crippen LogP contribution is 2.25. The second kappa shape index (κ2) is 6.06. The van der Waals surface area contributed by atoms with Crippen molar-refractivity contribution in [2.45, 2.75) is 38.3 Å². The molecule has 1 atom stereocenters. The lowest BCUT2D eigenvalue weighted by atomic mass is 10.1. The standard InChI is InChI=1S/C15H24N4O/c1-18-7-6-14-13(10-18)15(17-11-16-14)19(2)9-12-5-3-4-8-20-12/h11-12H,3-10H2,1-2H3/t12-/m0/s1. The third kappa shape index (κ3) is 2.94. The molecule has 0 spiro atoms. The van der Waals surface area contributed by atoms with E-state index in [0.29, 0.717) is 6.10 Å². The number of fused-ring (bicyclic) bond motifs is 1. The van der Waals surface area contributed by atoms with Crippen LogP contribution in [0.1, 0.15) is 30.5 Å². The zero-order chi connectivity index (χ0) is 13.9. The lowest BCUT2D eigenvalue weighted by Crippen LogP contribution is -2.36. The quantitative estimate of drug-likeness (QED) is 0.836. The first-order valence-electron chi connectivity index (χ1n) is 7.58. The van der Waals surface area contributed by atoms with Crippen LogP contribution in [0.15, 0.2) is 6.33 Å². The van der Waals surface area contributed by atoms with E-state index in [1.807, 2.05) is 0 Å². The van der Waals surface area contributed by atoms with Crippen LogP contribution in [0.3, 0.4) is 0 Å². The molecular formula is C15H24N4O. The van der Waals surface area contributed by atoms with Crippen LogP contribution < -0.4 is 4.90 Å². The molecule has 3 heterocycles. The molecule has 1 saturated heterocycles. The average Bonchev–Trinajstić information content (AvgIpc) is 2.47. The summed E-state index contributed by atoms with van der Waals surface area (Å²) in [6, 6.07) is 0. The minimum absolute atomic E-state index is 0.348. The predicted molar refractivity (Wildman–Crippen MR) is 78.9 cm³/mol. The zero-order valence-corrected chi connectivity index (χ0v) is 12.5. The Kier molecular flexibility index (Phi) is 4.17. The van der Waals surface area contributed by atoms with E-state index >= 15 is 0 Å². The van der Waals surface area contributed by atoms with Crippen LogP contribution in [-0.4, -0.2) is 54.8 Å². The van der Waals surface area contributed by atoms with Crippen molar-refractivity contribution in [1.82, 2.24) is 14.9 Å². The zero-order valence-electron chi connectivity index (χ0n) is 12.5. The summed E-state index contributed by atoms with van der Waals surface area (Å²) >= 11 is 0. The molecule has 5 heteroatoms. The van der Waals surface area contributed by atoms with Crippen molar-refractivity contribution in [1.29, 1.82) is 0 Å². The third-order valence-electron chi connectivity index (χ3n) is 4.28. The molecule has 0 saturated carbocycles. The fourth-order valence-electron chi connectivity index (χ4n) is 3.13. The Morgan fingerprint density at radius 2 is 2.30 bits per heavy atom. The van der Waals surface area contributed by atoms with E-state index in [0.717, 1.165) is 44.9 Å². The molecule has 3 rings (SSSR count). The monoisotopic (exact) mass is 276 g/mol. The third-order valence-corrected chi connectivity index (χ3v) is 4.28. The van der Waals surface area contributed by atoms with E-state index in [4.69, 9.17) is 4.74 Å². The Morgan fingerprint density at radius 1 is 1.40 bits per heavy atom. The highest BCUT2D eigenvalue weighted by molar-refractivity contribution is 5.48. The van der Waals surface area contributed by atoms with Crippen molar-refractivity contribution in [2.24, 2.45) is 0 Å². The highest BCUT2D eigenvalue weighted by Gasteiger charge is 2.23. The van der Waals surface area contributed by atoms with E-state index in [1.54, 1.807) is 6.33 Å². The topological polar surface area (TPSA) is 41.5 Å². The van der Waals surface area contributed by atoms with Crippen molar-refractivity contribution < 1.29 is 4.74 Å². The molecule has 1 aromatic rings. The van der Waals surface area contributed by atoms with Crippen molar-refractivity contribution in [3.63, 3.8) is 0 Å². The molecule has 5 nitrogen and oxygen atoms in total. The Bertz CT molecular complexity index is 459. The summed E-state index contributed by atoms with van der Waals surface area (Å²) < 4.78 is 5.84. The van der Waals surface area contributed by atoms with Gasteiger partial charge in [0.05, 0.1) is 11.8 Å². The molecule has 1 aromatic heterocycles. The minimum atomic E-state index is 0.348. The van der Waals surface area contributed by atoms with Gasteiger partial charge >= 0.3 is 0 Å². The summed E-state index contributed by atoms with van der Waals surface area (Å²) in [6.45, 7) is 3.86. The molecule has 2 aliphatic rings. The molecule has 1 fully saturated rings. The maximum atomic E-state index is 5.84. The number of likely N-dealkylation sites (N-methyl/N-ethyl adjacent to an activating group) is 2. The largest absolute Gasteiger partial charge is 0.376 e. The molecule has 0 amide bonds. The maximum Gasteiger partial charge on any atom is 0.136 e. The molecule has 0 aliphatic carbocycles. The molecule has 0 aromatic carbocycles. The first kappa shape index (κ1) is 13.8. The van der Waals surface area contributed by atoms with Gasteiger partial charge < -0.3 is 14.5 Å². The Morgan fingerprint density at radius 3 is 3.10 bits per heavy atom. The summed E-state index contributed by atoms with van der Waals surface area (Å²) in [5.74, 6) is 1.08. The van der Waals surface area contributed by atoms with Crippen molar-refractivity contribution in [3.8, 4) is 0 Å². The van der Waals surface area contributed by atoms with Crippen molar-refractivity contribution in [3.05, 3.63) is 17.6 Å². The Balaban J connectivity index is 1.75. The van der Waals surface area contributed by atoms with Crippen LogP contribution in [0.2, 0.25) is 0 Å². The van der Waals surface area contributed by atoms with Crippen LogP contribution in [0, 0.1) is 0 Å². The van der Waals surface area contributed by atoms with Crippen molar-refractivity contribution >= 4 is 5.82 Å². The highest BCUT2D eigenvalue weighted by atomic mass is 16.5. The number of hydrogen-bond donors (Lipinski definition) is 0. The van der Waals surface area contributed by atoms with Gasteiger partial charge in [-0.25, -0.2) is 9.97 Å². The van der Waals surface area contributed by atoms with E-state index < -0.39 is 0 Å². The van der Waals surface area contributed by atoms with E-state index in [1.165, 1.54) is 24.1 Å². The normalized spacial score (nSPS) is 23.4. The number of rotatable bonds is 3. The molecular weight excluding hydrogens is 252 g/mol. The Labute approximate surface area is 121 Å². The fourth-order valence-corrected chi connectivity index (χ4v) is 3.13. The number of ether oxygens (including phenoxy) is 1. The van der Waals surface area contributed by atoms with Crippen LogP contribution in [0.5, 0.6) is 0 Å². The van der Waals surface area contributed by atoms with Crippen LogP contribution in [-0.2, 0) is 17.7 Å². The van der Waals surface area contributed by atoms with E-state index in [-0.39, 0.29) is 0 Å². The Hall–Kier alpha value is -1.20. The summed E-state index contributed by atoms with van der Waals surface area (Å²) in [6.07, 6.45) is 6.72. The van der Waals surface area contributed by atoms with Gasteiger partial charge in [0.1, 0.15) is 12.1 Å². The smallest absolute Gasteiger partial charge is 0.136 e. The number of aromatic nitrogens is 2. The number of nitrogens with zero attached hydrogens (tertiary/aromatic N) is 4. The fraction of sp³-hybridized carbons (Fsp3) is 0.733. The van der Waals surface area contributed by atoms with Gasteiger partial charge in [0.25, 0.3) is 0 Å². The molecule has 0 N–H and O–H groups in total. The molecule has 110 valence electrons. The lowest BCUT2D eigenvalue weighted by Gasteiger charge is -2.31. The van der Waals surface area contributed by atoms with Gasteiger partial charge in [0.2, 0.25) is 0 Å². The summed E-state index contributed by atoms with van der Waals surface area (Å²) in [5, 5.41) is 0. The van der Waals surface area contributed by atoms with Crippen molar-refractivity contribution in [2.75, 3.05) is 38.7 Å². The first-order chi connectivity index (χ1) is 9.74. The first-order valence-corrected chi connectivity index (χ1v) is 7.58. The summed E-state index contributed by atoms with van der Waals surface area (Å²) in [4.78, 5) is 13.6.